The van der Waals surface area contributed by atoms with Crippen LogP contribution < -0.4 is 14.8 Å². The normalized spacial score (nSPS) is 15.9. The van der Waals surface area contributed by atoms with E-state index in [0.29, 0.717) is 33.2 Å². The predicted octanol–water partition coefficient (Wildman–Crippen LogP) is 5.82. The van der Waals surface area contributed by atoms with Crippen LogP contribution in [0, 0.1) is 0 Å². The molecule has 1 aliphatic rings. The lowest BCUT2D eigenvalue weighted by atomic mass is 10.2. The first kappa shape index (κ1) is 21.0. The Balaban J connectivity index is 1.48. The van der Waals surface area contributed by atoms with Crippen molar-refractivity contribution in [2.24, 2.45) is 4.99 Å². The highest BCUT2D eigenvalue weighted by Crippen LogP contribution is 2.32. The van der Waals surface area contributed by atoms with Gasteiger partial charge in [0, 0.05) is 5.02 Å². The molecule has 7 heteroatoms. The molecular formula is C24H19ClN2O3S. The van der Waals surface area contributed by atoms with Crippen molar-refractivity contribution in [3.8, 4) is 11.5 Å². The van der Waals surface area contributed by atoms with Gasteiger partial charge in [-0.25, -0.2) is 4.99 Å². The Bertz CT molecular complexity index is 1150. The molecule has 3 aromatic carbocycles. The number of carbonyl (C=O) groups excluding carboxylic acids is 1. The first-order valence-corrected chi connectivity index (χ1v) is 10.7. The van der Waals surface area contributed by atoms with Gasteiger partial charge in [-0.15, -0.1) is 0 Å². The van der Waals surface area contributed by atoms with Gasteiger partial charge in [-0.05, 0) is 65.4 Å². The van der Waals surface area contributed by atoms with E-state index in [2.05, 4.69) is 10.3 Å². The van der Waals surface area contributed by atoms with Crippen LogP contribution in [0.15, 0.2) is 82.7 Å². The minimum atomic E-state index is -0.193. The molecule has 0 aromatic heterocycles. The number of hydrogen-bond donors (Lipinski definition) is 1. The van der Waals surface area contributed by atoms with Crippen LogP contribution in [0.25, 0.3) is 6.08 Å². The molecule has 1 fully saturated rings. The second kappa shape index (κ2) is 9.73. The third-order valence-corrected chi connectivity index (χ3v) is 5.59. The average molecular weight is 451 g/mol. The molecule has 0 radical (unpaired) electrons. The van der Waals surface area contributed by atoms with Crippen LogP contribution >= 0.6 is 23.4 Å². The standard InChI is InChI=1S/C24H19ClN2O3S/c1-29-21-13-17(7-12-20(21)30-15-16-5-3-2-4-6-16)14-22-23(28)27-24(31-22)26-19-10-8-18(25)9-11-19/h2-14H,15H2,1H3,(H,26,27,28)/b22-14-. The van der Waals surface area contributed by atoms with E-state index in [9.17, 15) is 4.79 Å². The Kier molecular flexibility index (Phi) is 6.60. The summed E-state index contributed by atoms with van der Waals surface area (Å²) in [4.78, 5) is 17.4. The summed E-state index contributed by atoms with van der Waals surface area (Å²) in [5, 5.41) is 3.94. The number of ether oxygens (including phenoxy) is 2. The van der Waals surface area contributed by atoms with Gasteiger partial charge in [-0.1, -0.05) is 48.0 Å². The highest BCUT2D eigenvalue weighted by atomic mass is 35.5. The number of methoxy groups -OCH3 is 1. The monoisotopic (exact) mass is 450 g/mol. The highest BCUT2D eigenvalue weighted by Gasteiger charge is 2.24. The van der Waals surface area contributed by atoms with Crippen molar-refractivity contribution in [3.63, 3.8) is 0 Å². The Labute approximate surface area is 189 Å². The molecule has 0 bridgehead atoms. The lowest BCUT2D eigenvalue weighted by Crippen LogP contribution is -2.19. The molecular weight excluding hydrogens is 432 g/mol. The van der Waals surface area contributed by atoms with E-state index in [0.717, 1.165) is 16.8 Å². The Hall–Kier alpha value is -3.22. The zero-order valence-corrected chi connectivity index (χ0v) is 18.2. The molecule has 1 heterocycles. The molecule has 156 valence electrons. The molecule has 4 rings (SSSR count). The molecule has 1 aliphatic heterocycles. The Morgan fingerprint density at radius 3 is 2.55 bits per heavy atom. The van der Waals surface area contributed by atoms with Crippen molar-refractivity contribution in [3.05, 3.63) is 93.9 Å². The molecule has 1 amide bonds. The van der Waals surface area contributed by atoms with Crippen molar-refractivity contribution in [1.82, 2.24) is 5.32 Å². The molecule has 0 aliphatic carbocycles. The van der Waals surface area contributed by atoms with E-state index < -0.39 is 0 Å². The number of thioether (sulfide) groups is 1. The van der Waals surface area contributed by atoms with Crippen LogP contribution in [0.5, 0.6) is 11.5 Å². The van der Waals surface area contributed by atoms with Gasteiger partial charge in [0.1, 0.15) is 6.61 Å². The summed E-state index contributed by atoms with van der Waals surface area (Å²) in [6.07, 6.45) is 1.80. The number of hydrogen-bond acceptors (Lipinski definition) is 5. The topological polar surface area (TPSA) is 59.9 Å². The van der Waals surface area contributed by atoms with E-state index in [4.69, 9.17) is 21.1 Å². The lowest BCUT2D eigenvalue weighted by molar-refractivity contribution is -0.115. The smallest absolute Gasteiger partial charge is 0.264 e. The van der Waals surface area contributed by atoms with Crippen LogP contribution in [-0.4, -0.2) is 18.2 Å². The number of halogens is 1. The average Bonchev–Trinajstić information content (AvgIpc) is 3.13. The maximum Gasteiger partial charge on any atom is 0.264 e. The highest BCUT2D eigenvalue weighted by molar-refractivity contribution is 8.18. The first-order valence-electron chi connectivity index (χ1n) is 9.50. The summed E-state index contributed by atoms with van der Waals surface area (Å²) < 4.78 is 11.4. The second-order valence-electron chi connectivity index (χ2n) is 6.64. The number of carbonyl (C=O) groups is 1. The van der Waals surface area contributed by atoms with Gasteiger partial charge in [0.25, 0.3) is 5.91 Å². The number of aliphatic imine (C=N–C) groups is 1. The van der Waals surface area contributed by atoms with E-state index in [-0.39, 0.29) is 5.91 Å². The molecule has 0 spiro atoms. The summed E-state index contributed by atoms with van der Waals surface area (Å²) in [6, 6.07) is 22.6. The quantitative estimate of drug-likeness (QED) is 0.481. The van der Waals surface area contributed by atoms with Crippen molar-refractivity contribution >= 4 is 46.2 Å². The second-order valence-corrected chi connectivity index (χ2v) is 8.11. The number of rotatable bonds is 6. The fraction of sp³-hybridized carbons (Fsp3) is 0.0833. The van der Waals surface area contributed by atoms with Crippen molar-refractivity contribution in [1.29, 1.82) is 0 Å². The van der Waals surface area contributed by atoms with Crippen LogP contribution in [-0.2, 0) is 11.4 Å². The van der Waals surface area contributed by atoms with Crippen molar-refractivity contribution in [2.75, 3.05) is 7.11 Å². The van der Waals surface area contributed by atoms with Gasteiger partial charge in [0.2, 0.25) is 0 Å². The van der Waals surface area contributed by atoms with Crippen LogP contribution in [0.2, 0.25) is 5.02 Å². The number of amidine groups is 1. The molecule has 1 saturated heterocycles. The van der Waals surface area contributed by atoms with Gasteiger partial charge in [0.15, 0.2) is 16.7 Å². The number of nitrogens with one attached hydrogen (secondary N) is 1. The molecule has 0 unspecified atom stereocenters. The van der Waals surface area contributed by atoms with E-state index >= 15 is 0 Å². The Morgan fingerprint density at radius 1 is 1.03 bits per heavy atom. The number of nitrogens with zero attached hydrogens (tertiary/aromatic N) is 1. The molecule has 31 heavy (non-hydrogen) atoms. The summed E-state index contributed by atoms with van der Waals surface area (Å²) in [5.74, 6) is 1.05. The fourth-order valence-electron chi connectivity index (χ4n) is 2.89. The van der Waals surface area contributed by atoms with Crippen LogP contribution in [0.3, 0.4) is 0 Å². The van der Waals surface area contributed by atoms with Gasteiger partial charge in [-0.2, -0.15) is 0 Å². The fourth-order valence-corrected chi connectivity index (χ4v) is 3.86. The summed E-state index contributed by atoms with van der Waals surface area (Å²) in [7, 11) is 1.59. The van der Waals surface area contributed by atoms with E-state index in [1.165, 1.54) is 11.8 Å². The summed E-state index contributed by atoms with van der Waals surface area (Å²) >= 11 is 7.18. The Morgan fingerprint density at radius 2 is 1.81 bits per heavy atom. The van der Waals surface area contributed by atoms with Gasteiger partial charge >= 0.3 is 0 Å². The largest absolute Gasteiger partial charge is 0.493 e. The third-order valence-electron chi connectivity index (χ3n) is 4.43. The van der Waals surface area contributed by atoms with E-state index in [1.807, 2.05) is 48.5 Å². The van der Waals surface area contributed by atoms with Crippen LogP contribution in [0.4, 0.5) is 5.69 Å². The third kappa shape index (κ3) is 5.48. The number of amides is 1. The summed E-state index contributed by atoms with van der Waals surface area (Å²) in [5.41, 5.74) is 2.62. The zero-order chi connectivity index (χ0) is 21.6. The minimum absolute atomic E-state index is 0.193. The molecule has 0 saturated carbocycles. The maximum absolute atomic E-state index is 12.4. The summed E-state index contributed by atoms with van der Waals surface area (Å²) in [6.45, 7) is 0.445. The van der Waals surface area contributed by atoms with Gasteiger partial charge in [0.05, 0.1) is 17.7 Å². The minimum Gasteiger partial charge on any atom is -0.493 e. The van der Waals surface area contributed by atoms with Crippen molar-refractivity contribution < 1.29 is 14.3 Å². The predicted molar refractivity (Wildman–Crippen MR) is 126 cm³/mol. The first-order chi connectivity index (χ1) is 15.1. The van der Waals surface area contributed by atoms with Crippen molar-refractivity contribution in [2.45, 2.75) is 6.61 Å². The molecule has 3 aromatic rings. The maximum atomic E-state index is 12.4. The van der Waals surface area contributed by atoms with Gasteiger partial charge in [-0.3, -0.25) is 4.79 Å². The molecule has 1 N–H and O–H groups in total. The lowest BCUT2D eigenvalue weighted by Gasteiger charge is -2.11. The van der Waals surface area contributed by atoms with Gasteiger partial charge < -0.3 is 14.8 Å². The zero-order valence-electron chi connectivity index (χ0n) is 16.7. The number of benzene rings is 3. The van der Waals surface area contributed by atoms with Crippen LogP contribution in [0.1, 0.15) is 11.1 Å². The molecule has 0 atom stereocenters. The SMILES string of the molecule is COc1cc(/C=C2\SC(=Nc3ccc(Cl)cc3)NC2=O)ccc1OCc1ccccc1. The molecule has 5 nitrogen and oxygen atoms in total. The van der Waals surface area contributed by atoms with E-state index in [1.54, 1.807) is 37.5 Å².